The molecule has 1 spiro atoms. The van der Waals surface area contributed by atoms with Crippen molar-refractivity contribution in [2.24, 2.45) is 5.41 Å². The number of amides is 1. The number of halogens is 1. The number of benzene rings is 2. The molecule has 0 saturated carbocycles. The molecule has 2 aromatic rings. The van der Waals surface area contributed by atoms with Gasteiger partial charge in [0.15, 0.2) is 11.6 Å². The predicted octanol–water partition coefficient (Wildman–Crippen LogP) is 3.31. The van der Waals surface area contributed by atoms with E-state index in [1.807, 2.05) is 4.90 Å². The highest BCUT2D eigenvalue weighted by molar-refractivity contribution is 7.89. The first kappa shape index (κ1) is 23.5. The Hall–Kier alpha value is -2.65. The second kappa shape index (κ2) is 9.69. The number of carbonyl (C=O) groups excluding carboxylic acids is 1. The van der Waals surface area contributed by atoms with Crippen LogP contribution >= 0.6 is 0 Å². The summed E-state index contributed by atoms with van der Waals surface area (Å²) in [4.78, 5) is 14.7. The third-order valence-corrected chi connectivity index (χ3v) is 8.56. The van der Waals surface area contributed by atoms with Crippen molar-refractivity contribution in [2.45, 2.75) is 30.6 Å². The molecule has 0 N–H and O–H groups in total. The topological polar surface area (TPSA) is 76.2 Å². The monoisotopic (exact) mass is 476 g/mol. The molecule has 4 rings (SSSR count). The average molecular weight is 477 g/mol. The first-order valence-electron chi connectivity index (χ1n) is 11.1. The number of nitrogens with zero attached hydrogens (tertiary/aromatic N) is 2. The van der Waals surface area contributed by atoms with Crippen LogP contribution in [0, 0.1) is 11.2 Å². The van der Waals surface area contributed by atoms with Crippen molar-refractivity contribution in [1.29, 1.82) is 0 Å². The van der Waals surface area contributed by atoms with E-state index in [-0.39, 0.29) is 35.0 Å². The summed E-state index contributed by atoms with van der Waals surface area (Å²) in [5, 5.41) is 0. The Bertz CT molecular complexity index is 1100. The van der Waals surface area contributed by atoms with Gasteiger partial charge in [0.25, 0.3) is 0 Å². The summed E-state index contributed by atoms with van der Waals surface area (Å²) >= 11 is 0. The van der Waals surface area contributed by atoms with E-state index in [0.717, 1.165) is 6.42 Å². The Morgan fingerprint density at radius 1 is 1.06 bits per heavy atom. The van der Waals surface area contributed by atoms with Gasteiger partial charge in [-0.25, -0.2) is 12.8 Å². The van der Waals surface area contributed by atoms with Gasteiger partial charge in [-0.3, -0.25) is 4.79 Å². The minimum atomic E-state index is -3.59. The van der Waals surface area contributed by atoms with Gasteiger partial charge in [-0.05, 0) is 48.9 Å². The summed E-state index contributed by atoms with van der Waals surface area (Å²) in [6.07, 6.45) is 2.47. The van der Waals surface area contributed by atoms with Gasteiger partial charge in [0, 0.05) is 32.2 Å². The maximum atomic E-state index is 13.6. The molecule has 2 aromatic carbocycles. The fourth-order valence-corrected chi connectivity index (χ4v) is 6.11. The summed E-state index contributed by atoms with van der Waals surface area (Å²) in [5.41, 5.74) is -0.0531. The Labute approximate surface area is 194 Å². The number of likely N-dealkylation sites (tertiary alicyclic amines) is 1. The van der Waals surface area contributed by atoms with Crippen molar-refractivity contribution in [2.75, 3.05) is 39.9 Å². The van der Waals surface area contributed by atoms with Crippen molar-refractivity contribution in [3.8, 4) is 11.5 Å². The third-order valence-electron chi connectivity index (χ3n) is 6.66. The van der Waals surface area contributed by atoms with Gasteiger partial charge in [-0.2, -0.15) is 4.31 Å². The molecule has 7 nitrogen and oxygen atoms in total. The molecule has 0 bridgehead atoms. The normalized spacial score (nSPS) is 18.4. The predicted molar refractivity (Wildman–Crippen MR) is 121 cm³/mol. The molecule has 0 unspecified atom stereocenters. The highest BCUT2D eigenvalue weighted by Gasteiger charge is 2.44. The smallest absolute Gasteiger partial charge is 0.243 e. The summed E-state index contributed by atoms with van der Waals surface area (Å²) in [5.74, 6) is 0.191. The zero-order valence-corrected chi connectivity index (χ0v) is 19.5. The Kier molecular flexibility index (Phi) is 6.90. The molecule has 9 heteroatoms. The Balaban J connectivity index is 1.29. The van der Waals surface area contributed by atoms with Crippen molar-refractivity contribution in [1.82, 2.24) is 9.21 Å². The number of piperidine rings is 1. The van der Waals surface area contributed by atoms with Gasteiger partial charge >= 0.3 is 0 Å². The molecule has 0 aromatic heterocycles. The fourth-order valence-electron chi connectivity index (χ4n) is 4.64. The molecule has 2 saturated heterocycles. The number of ether oxygens (including phenoxy) is 2. The number of hydrogen-bond acceptors (Lipinski definition) is 5. The summed E-state index contributed by atoms with van der Waals surface area (Å²) in [7, 11) is -2.08. The van der Waals surface area contributed by atoms with Crippen LogP contribution in [0.4, 0.5) is 4.39 Å². The number of para-hydroxylation sites is 1. The number of sulfonamides is 1. The van der Waals surface area contributed by atoms with E-state index >= 15 is 0 Å². The standard InChI is InChI=1S/C24H29FN2O5S/c1-31-19-5-4-6-20(17-19)33(29,30)27-14-11-24(12-15-27)10-13-26(18-24)23(28)9-16-32-22-8-3-2-7-21(22)25/h2-8,17H,9-16,18H2,1H3. The van der Waals surface area contributed by atoms with Gasteiger partial charge < -0.3 is 14.4 Å². The summed E-state index contributed by atoms with van der Waals surface area (Å²) < 4.78 is 51.8. The molecule has 2 heterocycles. The lowest BCUT2D eigenvalue weighted by molar-refractivity contribution is -0.131. The maximum Gasteiger partial charge on any atom is 0.243 e. The van der Waals surface area contributed by atoms with E-state index in [4.69, 9.17) is 9.47 Å². The van der Waals surface area contributed by atoms with Crippen LogP contribution in [-0.2, 0) is 14.8 Å². The maximum absolute atomic E-state index is 13.6. The van der Waals surface area contributed by atoms with Crippen LogP contribution in [0.15, 0.2) is 53.4 Å². The molecule has 2 aliphatic rings. The first-order valence-corrected chi connectivity index (χ1v) is 12.6. The van der Waals surface area contributed by atoms with Crippen LogP contribution in [0.25, 0.3) is 0 Å². The first-order chi connectivity index (χ1) is 15.8. The number of rotatable bonds is 7. The average Bonchev–Trinajstić information content (AvgIpc) is 3.24. The van der Waals surface area contributed by atoms with Crippen LogP contribution in [0.2, 0.25) is 0 Å². The van der Waals surface area contributed by atoms with Crippen LogP contribution in [0.5, 0.6) is 11.5 Å². The lowest BCUT2D eigenvalue weighted by Crippen LogP contribution is -2.44. The lowest BCUT2D eigenvalue weighted by atomic mass is 9.78. The zero-order valence-electron chi connectivity index (χ0n) is 18.7. The fraction of sp³-hybridized carbons (Fsp3) is 0.458. The van der Waals surface area contributed by atoms with Crippen LogP contribution in [-0.4, -0.2) is 63.4 Å². The molecule has 2 aliphatic heterocycles. The van der Waals surface area contributed by atoms with E-state index in [9.17, 15) is 17.6 Å². The Morgan fingerprint density at radius 2 is 1.79 bits per heavy atom. The molecule has 0 aliphatic carbocycles. The minimum absolute atomic E-state index is 0.0188. The molecule has 0 radical (unpaired) electrons. The minimum Gasteiger partial charge on any atom is -0.497 e. The quantitative estimate of drug-likeness (QED) is 0.613. The van der Waals surface area contributed by atoms with Crippen LogP contribution < -0.4 is 9.47 Å². The largest absolute Gasteiger partial charge is 0.497 e. The van der Waals surface area contributed by atoms with Crippen molar-refractivity contribution in [3.63, 3.8) is 0 Å². The molecule has 178 valence electrons. The van der Waals surface area contributed by atoms with Crippen molar-refractivity contribution < 1.29 is 27.1 Å². The van der Waals surface area contributed by atoms with Crippen LogP contribution in [0.3, 0.4) is 0 Å². The van der Waals surface area contributed by atoms with Gasteiger partial charge in [-0.1, -0.05) is 18.2 Å². The third kappa shape index (κ3) is 5.14. The van der Waals surface area contributed by atoms with E-state index in [2.05, 4.69) is 0 Å². The van der Waals surface area contributed by atoms with Crippen molar-refractivity contribution >= 4 is 15.9 Å². The molecule has 2 fully saturated rings. The van der Waals surface area contributed by atoms with Gasteiger partial charge in [0.2, 0.25) is 15.9 Å². The summed E-state index contributed by atoms with van der Waals surface area (Å²) in [6, 6.07) is 12.7. The molecule has 1 amide bonds. The van der Waals surface area contributed by atoms with E-state index < -0.39 is 15.8 Å². The van der Waals surface area contributed by atoms with Gasteiger partial charge in [0.1, 0.15) is 5.75 Å². The summed E-state index contributed by atoms with van der Waals surface area (Å²) in [6.45, 7) is 2.26. The highest BCUT2D eigenvalue weighted by Crippen LogP contribution is 2.41. The van der Waals surface area contributed by atoms with Gasteiger partial charge in [0.05, 0.1) is 25.0 Å². The lowest BCUT2D eigenvalue weighted by Gasteiger charge is -2.38. The second-order valence-electron chi connectivity index (χ2n) is 8.68. The van der Waals surface area contributed by atoms with Gasteiger partial charge in [-0.15, -0.1) is 0 Å². The zero-order chi connectivity index (χ0) is 23.5. The second-order valence-corrected chi connectivity index (χ2v) is 10.6. The van der Waals surface area contributed by atoms with E-state index in [1.54, 1.807) is 36.4 Å². The molecular formula is C24H29FN2O5S. The van der Waals surface area contributed by atoms with E-state index in [1.165, 1.54) is 23.5 Å². The highest BCUT2D eigenvalue weighted by atomic mass is 32.2. The van der Waals surface area contributed by atoms with Crippen LogP contribution in [0.1, 0.15) is 25.7 Å². The molecular weight excluding hydrogens is 447 g/mol. The van der Waals surface area contributed by atoms with Crippen molar-refractivity contribution in [3.05, 3.63) is 54.3 Å². The number of carbonyl (C=O) groups is 1. The molecule has 33 heavy (non-hydrogen) atoms. The number of methoxy groups -OCH3 is 1. The Morgan fingerprint density at radius 3 is 2.52 bits per heavy atom. The van der Waals surface area contributed by atoms with E-state index in [0.29, 0.717) is 44.8 Å². The SMILES string of the molecule is COc1cccc(S(=O)(=O)N2CCC3(CCN(C(=O)CCOc4ccccc4F)C3)CC2)c1. The number of hydrogen-bond donors (Lipinski definition) is 0. The molecule has 0 atom stereocenters.